The average Bonchev–Trinajstić information content (AvgIpc) is 3.75. The van der Waals surface area contributed by atoms with Gasteiger partial charge < -0.3 is 18.9 Å². The number of tetrazole rings is 1. The Balaban J connectivity index is 1.20. The second-order valence-corrected chi connectivity index (χ2v) is 10.8. The number of aromatic amines is 1. The molecule has 1 N–H and O–H groups in total. The van der Waals surface area contributed by atoms with E-state index in [9.17, 15) is 4.79 Å². The predicted molar refractivity (Wildman–Crippen MR) is 151 cm³/mol. The number of furan rings is 1. The molecule has 11 heteroatoms. The van der Waals surface area contributed by atoms with Gasteiger partial charge >= 0.3 is 0 Å². The number of benzene rings is 2. The van der Waals surface area contributed by atoms with Gasteiger partial charge in [0, 0.05) is 43.8 Å². The molecule has 7 rings (SSSR count). The van der Waals surface area contributed by atoms with Crippen molar-refractivity contribution in [1.29, 1.82) is 0 Å². The second-order valence-electron chi connectivity index (χ2n) is 10.8. The topological polar surface area (TPSA) is 115 Å². The van der Waals surface area contributed by atoms with Gasteiger partial charge in [-0.1, -0.05) is 6.07 Å². The summed E-state index contributed by atoms with van der Waals surface area (Å²) in [6.45, 7) is 8.73. The molecule has 210 valence electrons. The first kappa shape index (κ1) is 25.5. The number of hydrogen-bond acceptors (Lipinski definition) is 9. The Labute approximate surface area is 236 Å². The minimum atomic E-state index is -0.428. The molecule has 11 nitrogen and oxygen atoms in total. The highest BCUT2D eigenvalue weighted by Crippen LogP contribution is 2.33. The zero-order valence-corrected chi connectivity index (χ0v) is 23.0. The van der Waals surface area contributed by atoms with Gasteiger partial charge in [-0.3, -0.25) is 14.6 Å². The molecule has 1 fully saturated rings. The number of aromatic nitrogens is 5. The van der Waals surface area contributed by atoms with Crippen molar-refractivity contribution in [3.8, 4) is 11.5 Å². The van der Waals surface area contributed by atoms with E-state index in [1.165, 1.54) is 11.1 Å². The molecule has 2 aromatic carbocycles. The lowest BCUT2D eigenvalue weighted by atomic mass is 10.00. The Morgan fingerprint density at radius 2 is 1.78 bits per heavy atom. The smallest absolute Gasteiger partial charge is 0.253 e. The van der Waals surface area contributed by atoms with Gasteiger partial charge in [-0.05, 0) is 88.8 Å². The van der Waals surface area contributed by atoms with Crippen LogP contribution >= 0.6 is 0 Å². The number of hydrogen-bond donors (Lipinski definition) is 1. The van der Waals surface area contributed by atoms with Crippen molar-refractivity contribution in [1.82, 2.24) is 35.0 Å². The monoisotopic (exact) mass is 553 g/mol. The van der Waals surface area contributed by atoms with E-state index in [-0.39, 0.29) is 12.4 Å². The highest BCUT2D eigenvalue weighted by molar-refractivity contribution is 5.81. The first-order valence-corrected chi connectivity index (χ1v) is 13.8. The van der Waals surface area contributed by atoms with Crippen LogP contribution in [0.3, 0.4) is 0 Å². The van der Waals surface area contributed by atoms with Gasteiger partial charge in [-0.2, -0.15) is 0 Å². The maximum Gasteiger partial charge on any atom is 0.253 e. The fourth-order valence-corrected chi connectivity index (χ4v) is 5.74. The number of ether oxygens (including phenoxy) is 2. The van der Waals surface area contributed by atoms with Crippen LogP contribution in [0.1, 0.15) is 39.9 Å². The number of rotatable bonds is 7. The lowest BCUT2D eigenvalue weighted by Gasteiger charge is -2.38. The van der Waals surface area contributed by atoms with E-state index in [0.717, 1.165) is 66.4 Å². The van der Waals surface area contributed by atoms with E-state index in [2.05, 4.69) is 62.4 Å². The fourth-order valence-electron chi connectivity index (χ4n) is 5.74. The van der Waals surface area contributed by atoms with Crippen molar-refractivity contribution in [2.75, 3.05) is 33.0 Å². The van der Waals surface area contributed by atoms with Crippen molar-refractivity contribution in [2.45, 2.75) is 33.0 Å². The molecular formula is C30H31N7O4. The highest BCUT2D eigenvalue weighted by atomic mass is 16.7. The molecule has 41 heavy (non-hydrogen) atoms. The van der Waals surface area contributed by atoms with Crippen LogP contribution < -0.4 is 15.0 Å². The lowest BCUT2D eigenvalue weighted by Crippen LogP contribution is -2.48. The van der Waals surface area contributed by atoms with Crippen LogP contribution in [0.2, 0.25) is 0 Å². The molecular weight excluding hydrogens is 522 g/mol. The third-order valence-electron chi connectivity index (χ3n) is 8.09. The Hall–Kier alpha value is -4.48. The molecule has 0 spiro atoms. The van der Waals surface area contributed by atoms with Crippen molar-refractivity contribution in [2.24, 2.45) is 0 Å². The van der Waals surface area contributed by atoms with Crippen LogP contribution in [0.15, 0.2) is 64.0 Å². The summed E-state index contributed by atoms with van der Waals surface area (Å²) in [7, 11) is 0. The molecule has 3 aromatic heterocycles. The van der Waals surface area contributed by atoms with E-state index in [0.29, 0.717) is 17.9 Å². The summed E-state index contributed by atoms with van der Waals surface area (Å²) in [6, 6.07) is 15.6. The molecule has 0 unspecified atom stereocenters. The molecule has 0 amide bonds. The molecule has 0 saturated carbocycles. The standard InChI is InChI=1S/C30H31N7O4/c1-19-12-22-15-24(30(38)31-25(22)13-20(19)2)28(29-32-33-34-37(29)17-23-4-3-11-39-23)36-9-7-35(8-10-36)16-21-5-6-26-27(14-21)41-18-40-26/h3-6,11-15,28H,7-10,16-18H2,1-2H3,(H,31,38)/t28-/m0/s1. The third-order valence-corrected chi connectivity index (χ3v) is 8.09. The molecule has 0 radical (unpaired) electrons. The Morgan fingerprint density at radius 3 is 2.61 bits per heavy atom. The molecule has 5 heterocycles. The normalized spacial score (nSPS) is 16.4. The molecule has 2 aliphatic rings. The number of nitrogens with one attached hydrogen (secondary N) is 1. The van der Waals surface area contributed by atoms with Crippen molar-refractivity contribution < 1.29 is 13.9 Å². The van der Waals surface area contributed by atoms with Gasteiger partial charge in [-0.25, -0.2) is 4.68 Å². The van der Waals surface area contributed by atoms with Crippen LogP contribution in [0.4, 0.5) is 0 Å². The first-order chi connectivity index (χ1) is 20.0. The zero-order valence-electron chi connectivity index (χ0n) is 23.0. The number of H-pyrrole nitrogens is 1. The van der Waals surface area contributed by atoms with Gasteiger partial charge in [0.2, 0.25) is 6.79 Å². The largest absolute Gasteiger partial charge is 0.467 e. The van der Waals surface area contributed by atoms with E-state index in [4.69, 9.17) is 13.9 Å². The van der Waals surface area contributed by atoms with Gasteiger partial charge in [-0.15, -0.1) is 5.10 Å². The van der Waals surface area contributed by atoms with Crippen molar-refractivity contribution in [3.05, 3.63) is 99.0 Å². The van der Waals surface area contributed by atoms with Crippen LogP contribution in [0.5, 0.6) is 11.5 Å². The Bertz CT molecular complexity index is 1750. The van der Waals surface area contributed by atoms with Gasteiger partial charge in [0.25, 0.3) is 5.56 Å². The van der Waals surface area contributed by atoms with E-state index in [1.54, 1.807) is 10.9 Å². The number of piperazine rings is 1. The summed E-state index contributed by atoms with van der Waals surface area (Å²) < 4.78 is 18.3. The maximum atomic E-state index is 13.6. The van der Waals surface area contributed by atoms with Gasteiger partial charge in [0.1, 0.15) is 18.3 Å². The minimum absolute atomic E-state index is 0.138. The van der Waals surface area contributed by atoms with E-state index >= 15 is 0 Å². The average molecular weight is 554 g/mol. The fraction of sp³-hybridized carbons (Fsp3) is 0.333. The van der Waals surface area contributed by atoms with Crippen LogP contribution in [0.25, 0.3) is 10.9 Å². The molecule has 5 aromatic rings. The molecule has 1 atom stereocenters. The van der Waals surface area contributed by atoms with Crippen LogP contribution in [-0.2, 0) is 13.1 Å². The SMILES string of the molecule is Cc1cc2cc([C@@H](c3nnnn3Cc3ccco3)N3CCN(Cc4ccc5c(c4)OCO5)CC3)c(=O)[nH]c2cc1C. The summed E-state index contributed by atoms with van der Waals surface area (Å²) in [5.41, 5.74) is 4.80. The van der Waals surface area contributed by atoms with Gasteiger partial charge in [0.05, 0.1) is 6.26 Å². The number of aryl methyl sites for hydroxylation is 2. The summed E-state index contributed by atoms with van der Waals surface area (Å²) in [6.07, 6.45) is 1.63. The number of fused-ring (bicyclic) bond motifs is 2. The molecule has 2 aliphatic heterocycles. The second kappa shape index (κ2) is 10.5. The van der Waals surface area contributed by atoms with Crippen LogP contribution in [-0.4, -0.2) is 68.0 Å². The number of pyridine rings is 1. The predicted octanol–water partition coefficient (Wildman–Crippen LogP) is 3.41. The van der Waals surface area contributed by atoms with Crippen molar-refractivity contribution in [3.63, 3.8) is 0 Å². The Morgan fingerprint density at radius 1 is 0.951 bits per heavy atom. The quantitative estimate of drug-likeness (QED) is 0.324. The number of nitrogens with zero attached hydrogens (tertiary/aromatic N) is 6. The summed E-state index contributed by atoms with van der Waals surface area (Å²) in [4.78, 5) is 21.5. The Kier molecular flexibility index (Phi) is 6.52. The summed E-state index contributed by atoms with van der Waals surface area (Å²) >= 11 is 0. The molecule has 0 bridgehead atoms. The van der Waals surface area contributed by atoms with Crippen LogP contribution in [0, 0.1) is 13.8 Å². The van der Waals surface area contributed by atoms with E-state index in [1.807, 2.05) is 30.3 Å². The zero-order chi connectivity index (χ0) is 27.9. The van der Waals surface area contributed by atoms with E-state index < -0.39 is 6.04 Å². The summed E-state index contributed by atoms with van der Waals surface area (Å²) in [5.74, 6) is 2.94. The van der Waals surface area contributed by atoms with Gasteiger partial charge in [0.15, 0.2) is 17.3 Å². The first-order valence-electron chi connectivity index (χ1n) is 13.8. The third kappa shape index (κ3) is 4.98. The summed E-state index contributed by atoms with van der Waals surface area (Å²) in [5, 5.41) is 13.7. The van der Waals surface area contributed by atoms with Crippen molar-refractivity contribution >= 4 is 10.9 Å². The maximum absolute atomic E-state index is 13.6. The minimum Gasteiger partial charge on any atom is -0.467 e. The lowest BCUT2D eigenvalue weighted by molar-refractivity contribution is 0.0997. The highest BCUT2D eigenvalue weighted by Gasteiger charge is 2.33. The molecule has 0 aliphatic carbocycles. The molecule has 1 saturated heterocycles.